The summed E-state index contributed by atoms with van der Waals surface area (Å²) in [6.45, 7) is 9.15. The topological polar surface area (TPSA) is 94.7 Å². The van der Waals surface area contributed by atoms with Crippen LogP contribution >= 0.6 is 0 Å². The number of nitrogens with zero attached hydrogens (tertiary/aromatic N) is 2. The van der Waals surface area contributed by atoms with Crippen molar-refractivity contribution in [2.45, 2.75) is 71.8 Å². The van der Waals surface area contributed by atoms with Crippen LogP contribution in [0.2, 0.25) is 0 Å². The number of rotatable bonds is 12. The number of nitrogens with one attached hydrogen (secondary N) is 1. The second-order valence-electron chi connectivity index (χ2n) is 9.60. The molecule has 4 rings (SSSR count). The van der Waals surface area contributed by atoms with Crippen molar-refractivity contribution in [1.82, 2.24) is 4.57 Å². The van der Waals surface area contributed by atoms with Crippen LogP contribution in [0.3, 0.4) is 0 Å². The molecule has 1 N–H and O–H groups in total. The molecule has 2 aromatic carbocycles. The van der Waals surface area contributed by atoms with Crippen LogP contribution in [0.1, 0.15) is 65.0 Å². The number of aromatic nitrogens is 1. The minimum atomic E-state index is -0.490. The number of carbonyl (C=O) groups is 1. The Morgan fingerprint density at radius 1 is 1.11 bits per heavy atom. The molecule has 1 fully saturated rings. The highest BCUT2D eigenvalue weighted by atomic mass is 16.7. The molecule has 0 aliphatic heterocycles. The number of hydrogen-bond donors (Lipinski definition) is 1. The number of anilines is 1. The zero-order chi connectivity index (χ0) is 27.1. The van der Waals surface area contributed by atoms with E-state index in [-0.39, 0.29) is 12.4 Å². The largest absolute Gasteiger partial charge is 0.493 e. The van der Waals surface area contributed by atoms with Crippen LogP contribution in [0.25, 0.3) is 22.2 Å². The Kier molecular flexibility index (Phi) is 9.27. The lowest BCUT2D eigenvalue weighted by Crippen LogP contribution is -2.20. The van der Waals surface area contributed by atoms with E-state index in [1.807, 2.05) is 56.3 Å². The standard InChI is InChI=1S/C30H37N3O5/c1-5-35-28(36-6-2)16-17-37-24-14-15-25-26(19-31)29(33(27(25)18-24)23-8-7-9-23)21-10-12-22(13-11-21)32-30(34)38-20(3)4/h10-15,18,20,23,28H,5-9,16-17H2,1-4H3,(H,32,34). The van der Waals surface area contributed by atoms with E-state index < -0.39 is 6.09 Å². The highest BCUT2D eigenvalue weighted by molar-refractivity contribution is 5.96. The van der Waals surface area contributed by atoms with Crippen molar-refractivity contribution in [1.29, 1.82) is 5.26 Å². The smallest absolute Gasteiger partial charge is 0.411 e. The van der Waals surface area contributed by atoms with Crippen LogP contribution in [0, 0.1) is 11.3 Å². The molecule has 3 aromatic rings. The van der Waals surface area contributed by atoms with E-state index in [1.54, 1.807) is 13.8 Å². The molecule has 0 atom stereocenters. The fraction of sp³-hybridized carbons (Fsp3) is 0.467. The molecule has 0 bridgehead atoms. The lowest BCUT2D eigenvalue weighted by atomic mass is 9.92. The molecule has 1 aliphatic carbocycles. The lowest BCUT2D eigenvalue weighted by molar-refractivity contribution is -0.142. The molecule has 0 spiro atoms. The van der Waals surface area contributed by atoms with Gasteiger partial charge < -0.3 is 23.5 Å². The summed E-state index contributed by atoms with van der Waals surface area (Å²) >= 11 is 0. The van der Waals surface area contributed by atoms with Crippen LogP contribution in [-0.2, 0) is 14.2 Å². The van der Waals surface area contributed by atoms with E-state index in [2.05, 4.69) is 16.0 Å². The van der Waals surface area contributed by atoms with Gasteiger partial charge in [-0.3, -0.25) is 5.32 Å². The maximum Gasteiger partial charge on any atom is 0.411 e. The van der Waals surface area contributed by atoms with Gasteiger partial charge in [0.05, 0.1) is 29.5 Å². The predicted molar refractivity (Wildman–Crippen MR) is 147 cm³/mol. The predicted octanol–water partition coefficient (Wildman–Crippen LogP) is 7.03. The number of nitriles is 1. The Morgan fingerprint density at radius 3 is 2.39 bits per heavy atom. The molecule has 1 amide bonds. The van der Waals surface area contributed by atoms with Gasteiger partial charge in [-0.25, -0.2) is 4.79 Å². The van der Waals surface area contributed by atoms with Crippen molar-refractivity contribution in [3.63, 3.8) is 0 Å². The van der Waals surface area contributed by atoms with Crippen molar-refractivity contribution in [2.75, 3.05) is 25.1 Å². The van der Waals surface area contributed by atoms with Gasteiger partial charge in [0.25, 0.3) is 0 Å². The third-order valence-corrected chi connectivity index (χ3v) is 6.60. The van der Waals surface area contributed by atoms with Gasteiger partial charge in [-0.15, -0.1) is 0 Å². The number of ether oxygens (including phenoxy) is 4. The lowest BCUT2D eigenvalue weighted by Gasteiger charge is -2.30. The quantitative estimate of drug-likeness (QED) is 0.258. The first-order valence-corrected chi connectivity index (χ1v) is 13.5. The van der Waals surface area contributed by atoms with Crippen molar-refractivity contribution < 1.29 is 23.7 Å². The molecule has 202 valence electrons. The van der Waals surface area contributed by atoms with Crippen molar-refractivity contribution in [3.8, 4) is 23.1 Å². The Hall–Kier alpha value is -3.54. The highest BCUT2D eigenvalue weighted by Crippen LogP contribution is 2.43. The first-order chi connectivity index (χ1) is 18.4. The monoisotopic (exact) mass is 519 g/mol. The minimum absolute atomic E-state index is 0.199. The van der Waals surface area contributed by atoms with Gasteiger partial charge >= 0.3 is 6.09 Å². The van der Waals surface area contributed by atoms with E-state index in [0.29, 0.717) is 43.5 Å². The Labute approximate surface area is 224 Å². The normalized spacial score (nSPS) is 13.5. The summed E-state index contributed by atoms with van der Waals surface area (Å²) in [4.78, 5) is 12.0. The summed E-state index contributed by atoms with van der Waals surface area (Å²) in [5, 5.41) is 13.9. The van der Waals surface area contributed by atoms with E-state index in [9.17, 15) is 10.1 Å². The number of hydrogen-bond acceptors (Lipinski definition) is 6. The average Bonchev–Trinajstić information content (AvgIpc) is 3.16. The third kappa shape index (κ3) is 6.29. The van der Waals surface area contributed by atoms with Crippen LogP contribution in [-0.4, -0.2) is 42.9 Å². The summed E-state index contributed by atoms with van der Waals surface area (Å²) in [6, 6.07) is 16.2. The third-order valence-electron chi connectivity index (χ3n) is 6.60. The highest BCUT2D eigenvalue weighted by Gasteiger charge is 2.28. The van der Waals surface area contributed by atoms with E-state index in [0.717, 1.165) is 40.8 Å². The summed E-state index contributed by atoms with van der Waals surface area (Å²) < 4.78 is 24.8. The maximum absolute atomic E-state index is 12.0. The van der Waals surface area contributed by atoms with Crippen molar-refractivity contribution in [3.05, 3.63) is 48.0 Å². The second-order valence-corrected chi connectivity index (χ2v) is 9.60. The Morgan fingerprint density at radius 2 is 1.82 bits per heavy atom. The second kappa shape index (κ2) is 12.8. The van der Waals surface area contributed by atoms with Gasteiger partial charge in [-0.05, 0) is 76.8 Å². The van der Waals surface area contributed by atoms with Gasteiger partial charge in [-0.1, -0.05) is 12.1 Å². The molecule has 1 heterocycles. The molecule has 0 unspecified atom stereocenters. The van der Waals surface area contributed by atoms with E-state index >= 15 is 0 Å². The number of benzene rings is 2. The molecule has 1 aromatic heterocycles. The van der Waals surface area contributed by atoms with Gasteiger partial charge in [0.15, 0.2) is 6.29 Å². The van der Waals surface area contributed by atoms with Gasteiger partial charge in [0.1, 0.15) is 11.8 Å². The van der Waals surface area contributed by atoms with Crippen LogP contribution in [0.15, 0.2) is 42.5 Å². The molecule has 8 nitrogen and oxygen atoms in total. The summed E-state index contributed by atoms with van der Waals surface area (Å²) in [5.41, 5.74) is 4.09. The van der Waals surface area contributed by atoms with Crippen LogP contribution in [0.4, 0.5) is 10.5 Å². The first kappa shape index (κ1) is 27.5. The van der Waals surface area contributed by atoms with E-state index in [1.165, 1.54) is 6.42 Å². The molecule has 0 radical (unpaired) electrons. The Balaban J connectivity index is 1.63. The Bertz CT molecular complexity index is 1270. The van der Waals surface area contributed by atoms with Gasteiger partial charge in [-0.2, -0.15) is 5.26 Å². The van der Waals surface area contributed by atoms with E-state index in [4.69, 9.17) is 18.9 Å². The number of fused-ring (bicyclic) bond motifs is 1. The fourth-order valence-corrected chi connectivity index (χ4v) is 4.73. The zero-order valence-electron chi connectivity index (χ0n) is 22.7. The average molecular weight is 520 g/mol. The summed E-state index contributed by atoms with van der Waals surface area (Å²) in [7, 11) is 0. The summed E-state index contributed by atoms with van der Waals surface area (Å²) in [6.07, 6.45) is 2.96. The molecule has 0 saturated heterocycles. The summed E-state index contributed by atoms with van der Waals surface area (Å²) in [5.74, 6) is 0.751. The zero-order valence-corrected chi connectivity index (χ0v) is 22.7. The van der Waals surface area contributed by atoms with Crippen LogP contribution in [0.5, 0.6) is 5.75 Å². The number of amides is 1. The molecule has 8 heteroatoms. The fourth-order valence-electron chi connectivity index (χ4n) is 4.73. The van der Waals surface area contributed by atoms with Gasteiger partial charge in [0.2, 0.25) is 0 Å². The van der Waals surface area contributed by atoms with Crippen molar-refractivity contribution in [2.24, 2.45) is 0 Å². The number of carbonyl (C=O) groups excluding carboxylic acids is 1. The van der Waals surface area contributed by atoms with Crippen molar-refractivity contribution >= 4 is 22.7 Å². The molecule has 38 heavy (non-hydrogen) atoms. The molecular formula is C30H37N3O5. The minimum Gasteiger partial charge on any atom is -0.493 e. The van der Waals surface area contributed by atoms with Crippen LogP contribution < -0.4 is 10.1 Å². The molecular weight excluding hydrogens is 482 g/mol. The SMILES string of the molecule is CCOC(CCOc1ccc2c(C#N)c(-c3ccc(NC(=O)OC(C)C)cc3)n(C3CCC3)c2c1)OCC. The molecule has 1 saturated carbocycles. The first-order valence-electron chi connectivity index (χ1n) is 13.5. The molecule has 1 aliphatic rings. The maximum atomic E-state index is 12.0. The van der Waals surface area contributed by atoms with Gasteiger partial charge in [0, 0.05) is 42.8 Å².